The number of allylic oxidation sites excluding steroid dienone is 4. The van der Waals surface area contributed by atoms with Crippen molar-refractivity contribution in [2.24, 2.45) is 16.7 Å². The molecule has 0 heteroatoms. The Hall–Kier alpha value is -0.520. The van der Waals surface area contributed by atoms with Crippen LogP contribution in [0.3, 0.4) is 0 Å². The van der Waals surface area contributed by atoms with Crippen LogP contribution in [0.4, 0.5) is 0 Å². The fourth-order valence-corrected chi connectivity index (χ4v) is 2.98. The van der Waals surface area contributed by atoms with Crippen molar-refractivity contribution >= 4 is 0 Å². The minimum atomic E-state index is 0.338. The van der Waals surface area contributed by atoms with E-state index in [1.54, 1.807) is 11.1 Å². The van der Waals surface area contributed by atoms with Crippen LogP contribution in [0.1, 0.15) is 67.7 Å². The molecular weight excluding hydrogens is 204 g/mol. The predicted octanol–water partition coefficient (Wildman–Crippen LogP) is 5.75. The molecule has 0 radical (unpaired) electrons. The molecule has 0 spiro atoms. The highest BCUT2D eigenvalue weighted by molar-refractivity contribution is 5.30. The van der Waals surface area contributed by atoms with Crippen LogP contribution in [-0.4, -0.2) is 0 Å². The maximum atomic E-state index is 2.40. The first-order valence-corrected chi connectivity index (χ1v) is 7.03. The van der Waals surface area contributed by atoms with Crippen LogP contribution in [0.5, 0.6) is 0 Å². The standard InChI is InChI=1S/C17H30/c1-13(2)12-17(6,7)15-10-8-14(9-11-15)16(3,4)5/h8,10,13H,9,11-12H2,1-7H3. The molecule has 1 rings (SSSR count). The third kappa shape index (κ3) is 4.01. The van der Waals surface area contributed by atoms with Gasteiger partial charge in [0, 0.05) is 0 Å². The van der Waals surface area contributed by atoms with Gasteiger partial charge in [-0.15, -0.1) is 0 Å². The van der Waals surface area contributed by atoms with Crippen LogP contribution in [0, 0.1) is 16.7 Å². The highest BCUT2D eigenvalue weighted by Crippen LogP contribution is 2.41. The van der Waals surface area contributed by atoms with E-state index in [4.69, 9.17) is 0 Å². The molecule has 0 bridgehead atoms. The van der Waals surface area contributed by atoms with E-state index in [9.17, 15) is 0 Å². The van der Waals surface area contributed by atoms with Gasteiger partial charge in [0.05, 0.1) is 0 Å². The van der Waals surface area contributed by atoms with Crippen LogP contribution < -0.4 is 0 Å². The molecular formula is C17H30. The second-order valence-corrected chi connectivity index (χ2v) is 7.62. The first-order valence-electron chi connectivity index (χ1n) is 7.03. The van der Waals surface area contributed by atoms with Gasteiger partial charge in [0.1, 0.15) is 0 Å². The van der Waals surface area contributed by atoms with Gasteiger partial charge in [-0.3, -0.25) is 0 Å². The summed E-state index contributed by atoms with van der Waals surface area (Å²) in [6.45, 7) is 16.4. The van der Waals surface area contributed by atoms with E-state index in [2.05, 4.69) is 60.6 Å². The molecule has 0 fully saturated rings. The average Bonchev–Trinajstić information content (AvgIpc) is 2.14. The molecule has 0 saturated heterocycles. The summed E-state index contributed by atoms with van der Waals surface area (Å²) in [6.07, 6.45) is 8.56. The van der Waals surface area contributed by atoms with Crippen LogP contribution in [-0.2, 0) is 0 Å². The highest BCUT2D eigenvalue weighted by Gasteiger charge is 2.27. The first-order chi connectivity index (χ1) is 7.63. The Morgan fingerprint density at radius 2 is 1.41 bits per heavy atom. The smallest absolute Gasteiger partial charge is 0.0139 e. The SMILES string of the molecule is CC(C)CC(C)(C)C1=CC=C(C(C)(C)C)CC1. The van der Waals surface area contributed by atoms with Crippen LogP contribution >= 0.6 is 0 Å². The normalized spacial score (nSPS) is 18.1. The molecule has 17 heavy (non-hydrogen) atoms. The Balaban J connectivity index is 2.83. The third-order valence-corrected chi connectivity index (χ3v) is 3.90. The van der Waals surface area contributed by atoms with Gasteiger partial charge in [-0.05, 0) is 36.0 Å². The summed E-state index contributed by atoms with van der Waals surface area (Å²) in [5.74, 6) is 0.777. The van der Waals surface area contributed by atoms with Crippen LogP contribution in [0.2, 0.25) is 0 Å². The molecule has 1 aliphatic carbocycles. The number of rotatable bonds is 3. The van der Waals surface area contributed by atoms with Crippen molar-refractivity contribution < 1.29 is 0 Å². The molecule has 0 atom stereocenters. The Morgan fingerprint density at radius 1 is 0.941 bits per heavy atom. The van der Waals surface area contributed by atoms with Crippen LogP contribution in [0.25, 0.3) is 0 Å². The van der Waals surface area contributed by atoms with Crippen molar-refractivity contribution in [1.82, 2.24) is 0 Å². The van der Waals surface area contributed by atoms with Gasteiger partial charge in [0.2, 0.25) is 0 Å². The molecule has 0 aromatic heterocycles. The Morgan fingerprint density at radius 3 is 1.76 bits per heavy atom. The lowest BCUT2D eigenvalue weighted by Gasteiger charge is -2.34. The van der Waals surface area contributed by atoms with Crippen molar-refractivity contribution in [3.8, 4) is 0 Å². The summed E-state index contributed by atoms with van der Waals surface area (Å²) in [4.78, 5) is 0. The molecule has 0 saturated carbocycles. The summed E-state index contributed by atoms with van der Waals surface area (Å²) in [7, 11) is 0. The molecule has 0 nitrogen and oxygen atoms in total. The van der Waals surface area contributed by atoms with E-state index in [0.29, 0.717) is 10.8 Å². The van der Waals surface area contributed by atoms with Crippen molar-refractivity contribution in [3.05, 3.63) is 23.3 Å². The van der Waals surface area contributed by atoms with Gasteiger partial charge in [0.15, 0.2) is 0 Å². The lowest BCUT2D eigenvalue weighted by atomic mass is 9.71. The Bertz CT molecular complexity index is 318. The molecule has 0 N–H and O–H groups in total. The van der Waals surface area contributed by atoms with Gasteiger partial charge in [-0.1, -0.05) is 71.8 Å². The van der Waals surface area contributed by atoms with Crippen molar-refractivity contribution in [2.75, 3.05) is 0 Å². The average molecular weight is 234 g/mol. The monoisotopic (exact) mass is 234 g/mol. The van der Waals surface area contributed by atoms with E-state index in [1.807, 2.05) is 0 Å². The lowest BCUT2D eigenvalue weighted by molar-refractivity contribution is 0.331. The zero-order chi connectivity index (χ0) is 13.3. The molecule has 0 amide bonds. The summed E-state index contributed by atoms with van der Waals surface area (Å²) in [6, 6.07) is 0. The van der Waals surface area contributed by atoms with Gasteiger partial charge < -0.3 is 0 Å². The van der Waals surface area contributed by atoms with E-state index in [-0.39, 0.29) is 0 Å². The third-order valence-electron chi connectivity index (χ3n) is 3.90. The zero-order valence-corrected chi connectivity index (χ0v) is 12.9. The van der Waals surface area contributed by atoms with Gasteiger partial charge >= 0.3 is 0 Å². The minimum Gasteiger partial charge on any atom is -0.0645 e. The van der Waals surface area contributed by atoms with Crippen molar-refractivity contribution in [1.29, 1.82) is 0 Å². The van der Waals surface area contributed by atoms with Gasteiger partial charge in [0.25, 0.3) is 0 Å². The van der Waals surface area contributed by atoms with Crippen LogP contribution in [0.15, 0.2) is 23.3 Å². The molecule has 0 aromatic carbocycles. The van der Waals surface area contributed by atoms with Gasteiger partial charge in [-0.2, -0.15) is 0 Å². The Labute approximate surface area is 108 Å². The van der Waals surface area contributed by atoms with Gasteiger partial charge in [-0.25, -0.2) is 0 Å². The predicted molar refractivity (Wildman–Crippen MR) is 78.1 cm³/mol. The maximum Gasteiger partial charge on any atom is -0.0139 e. The zero-order valence-electron chi connectivity index (χ0n) is 12.9. The van der Waals surface area contributed by atoms with E-state index >= 15 is 0 Å². The summed E-state index contributed by atoms with van der Waals surface area (Å²) in [5, 5.41) is 0. The fraction of sp³-hybridized carbons (Fsp3) is 0.765. The topological polar surface area (TPSA) is 0 Å². The quantitative estimate of drug-likeness (QED) is 0.583. The minimum absolute atomic E-state index is 0.338. The maximum absolute atomic E-state index is 2.40. The Kier molecular flexibility index (Phi) is 4.28. The molecule has 0 heterocycles. The highest BCUT2D eigenvalue weighted by atomic mass is 14.3. The van der Waals surface area contributed by atoms with Crippen molar-refractivity contribution in [2.45, 2.75) is 67.7 Å². The van der Waals surface area contributed by atoms with E-state index in [0.717, 1.165) is 5.92 Å². The summed E-state index contributed by atoms with van der Waals surface area (Å²) < 4.78 is 0. The van der Waals surface area contributed by atoms with E-state index < -0.39 is 0 Å². The molecule has 1 aliphatic rings. The molecule has 98 valence electrons. The van der Waals surface area contributed by atoms with Crippen molar-refractivity contribution in [3.63, 3.8) is 0 Å². The molecule has 0 aliphatic heterocycles. The largest absolute Gasteiger partial charge is 0.0645 e. The summed E-state index contributed by atoms with van der Waals surface area (Å²) in [5.41, 5.74) is 3.94. The number of hydrogen-bond donors (Lipinski definition) is 0. The molecule has 0 aromatic rings. The first kappa shape index (κ1) is 14.5. The fourth-order valence-electron chi connectivity index (χ4n) is 2.98. The second-order valence-electron chi connectivity index (χ2n) is 7.62. The number of hydrogen-bond acceptors (Lipinski definition) is 0. The molecule has 0 unspecified atom stereocenters. The second kappa shape index (κ2) is 5.00. The lowest BCUT2D eigenvalue weighted by Crippen LogP contribution is -2.20. The van der Waals surface area contributed by atoms with E-state index in [1.165, 1.54) is 19.3 Å². The summed E-state index contributed by atoms with van der Waals surface area (Å²) >= 11 is 0.